The number of hydrogen-bond acceptors (Lipinski definition) is 5. The molecule has 0 bridgehead atoms. The van der Waals surface area contributed by atoms with E-state index in [-0.39, 0.29) is 18.6 Å². The van der Waals surface area contributed by atoms with Crippen LogP contribution < -0.4 is 11.2 Å². The first-order chi connectivity index (χ1) is 10.6. The summed E-state index contributed by atoms with van der Waals surface area (Å²) in [4.78, 5) is 25.8. The van der Waals surface area contributed by atoms with Gasteiger partial charge in [0, 0.05) is 19.0 Å². The van der Waals surface area contributed by atoms with E-state index in [2.05, 4.69) is 23.7 Å². The lowest BCUT2D eigenvalue weighted by atomic mass is 10.2. The molecule has 1 aliphatic heterocycles. The average molecular weight is 308 g/mol. The van der Waals surface area contributed by atoms with Gasteiger partial charge in [0.1, 0.15) is 17.9 Å². The molecule has 1 aliphatic rings. The average Bonchev–Trinajstić information content (AvgIpc) is 2.86. The van der Waals surface area contributed by atoms with Crippen molar-refractivity contribution in [2.45, 2.75) is 51.0 Å². The second-order valence-electron chi connectivity index (χ2n) is 5.23. The third-order valence-electron chi connectivity index (χ3n) is 3.54. The van der Waals surface area contributed by atoms with Gasteiger partial charge >= 0.3 is 5.69 Å². The fourth-order valence-corrected chi connectivity index (χ4v) is 2.26. The number of aliphatic hydroxyl groups is 2. The van der Waals surface area contributed by atoms with Crippen molar-refractivity contribution in [3.05, 3.63) is 32.6 Å². The molecule has 0 amide bonds. The Morgan fingerprint density at radius 3 is 2.91 bits per heavy atom. The Hall–Kier alpha value is -1.88. The molecular weight excluding hydrogens is 288 g/mol. The van der Waals surface area contributed by atoms with E-state index in [0.717, 1.165) is 12.8 Å². The molecule has 3 N–H and O–H groups in total. The highest BCUT2D eigenvalue weighted by molar-refractivity contribution is 5.29. The molecule has 0 aliphatic carbocycles. The van der Waals surface area contributed by atoms with Crippen LogP contribution in [0.2, 0.25) is 0 Å². The van der Waals surface area contributed by atoms with Gasteiger partial charge < -0.3 is 14.9 Å². The Balaban J connectivity index is 2.27. The normalized spacial score (nSPS) is 24.0. The molecule has 1 fully saturated rings. The first kappa shape index (κ1) is 16.5. The molecule has 1 aromatic heterocycles. The minimum atomic E-state index is -0.854. The molecule has 1 unspecified atom stereocenters. The predicted molar refractivity (Wildman–Crippen MR) is 79.3 cm³/mol. The standard InChI is InChI=1S/C15H20N2O5/c1-2-3-4-5-6-10-8-17(15(21)16-14(10)20)13-7-11(19)12(9-18)22-13/h8,11-13,18-19H,2-4,7,9H2,1H3,(H,16,20,21)/t11?,12-,13-/m0/s1. The summed E-state index contributed by atoms with van der Waals surface area (Å²) in [6, 6.07) is 0. The number of aromatic nitrogens is 2. The number of rotatable bonds is 4. The van der Waals surface area contributed by atoms with E-state index < -0.39 is 29.7 Å². The van der Waals surface area contributed by atoms with E-state index in [1.165, 1.54) is 10.8 Å². The molecule has 0 aromatic carbocycles. The largest absolute Gasteiger partial charge is 0.394 e. The molecule has 2 rings (SSSR count). The summed E-state index contributed by atoms with van der Waals surface area (Å²) in [5.74, 6) is 5.65. The van der Waals surface area contributed by atoms with Crippen molar-refractivity contribution in [1.29, 1.82) is 0 Å². The van der Waals surface area contributed by atoms with Crippen LogP contribution in [0.1, 0.15) is 44.4 Å². The van der Waals surface area contributed by atoms with Gasteiger partial charge in [0.2, 0.25) is 0 Å². The molecule has 3 atom stereocenters. The van der Waals surface area contributed by atoms with Crippen LogP contribution in [0.3, 0.4) is 0 Å². The highest BCUT2D eigenvalue weighted by atomic mass is 16.5. The Bertz CT molecular complexity index is 682. The zero-order valence-corrected chi connectivity index (χ0v) is 12.4. The fraction of sp³-hybridized carbons (Fsp3) is 0.600. The Labute approximate surface area is 127 Å². The number of aromatic amines is 1. The quantitative estimate of drug-likeness (QED) is 0.524. The monoisotopic (exact) mass is 308 g/mol. The van der Waals surface area contributed by atoms with Gasteiger partial charge in [-0.2, -0.15) is 0 Å². The molecule has 1 aromatic rings. The van der Waals surface area contributed by atoms with Crippen LogP contribution in [0.15, 0.2) is 15.8 Å². The molecule has 120 valence electrons. The van der Waals surface area contributed by atoms with Crippen LogP contribution in [0.5, 0.6) is 0 Å². The van der Waals surface area contributed by atoms with Gasteiger partial charge in [-0.1, -0.05) is 25.2 Å². The summed E-state index contributed by atoms with van der Waals surface area (Å²) in [6.07, 6.45) is 1.84. The Morgan fingerprint density at radius 2 is 2.27 bits per heavy atom. The molecule has 2 heterocycles. The minimum absolute atomic E-state index is 0.167. The Kier molecular flexibility index (Phi) is 5.55. The maximum atomic E-state index is 11.9. The zero-order valence-electron chi connectivity index (χ0n) is 12.4. The third kappa shape index (κ3) is 3.65. The molecule has 1 saturated heterocycles. The van der Waals surface area contributed by atoms with Gasteiger partial charge in [-0.15, -0.1) is 0 Å². The van der Waals surface area contributed by atoms with Crippen molar-refractivity contribution in [1.82, 2.24) is 9.55 Å². The van der Waals surface area contributed by atoms with E-state index in [1.54, 1.807) is 0 Å². The summed E-state index contributed by atoms with van der Waals surface area (Å²) in [7, 11) is 0. The van der Waals surface area contributed by atoms with E-state index in [4.69, 9.17) is 9.84 Å². The van der Waals surface area contributed by atoms with Crippen LogP contribution in [-0.4, -0.2) is 38.6 Å². The van der Waals surface area contributed by atoms with Crippen LogP contribution >= 0.6 is 0 Å². The van der Waals surface area contributed by atoms with Crippen LogP contribution in [0.25, 0.3) is 0 Å². The highest BCUT2D eigenvalue weighted by Gasteiger charge is 2.35. The Morgan fingerprint density at radius 1 is 1.50 bits per heavy atom. The van der Waals surface area contributed by atoms with E-state index in [9.17, 15) is 14.7 Å². The van der Waals surface area contributed by atoms with E-state index in [0.29, 0.717) is 6.42 Å². The lowest BCUT2D eigenvalue weighted by Gasteiger charge is -2.14. The van der Waals surface area contributed by atoms with Crippen LogP contribution in [0, 0.1) is 11.8 Å². The third-order valence-corrected chi connectivity index (χ3v) is 3.54. The van der Waals surface area contributed by atoms with Crippen molar-refractivity contribution in [3.63, 3.8) is 0 Å². The second-order valence-corrected chi connectivity index (χ2v) is 5.23. The number of aliphatic hydroxyl groups excluding tert-OH is 2. The van der Waals surface area contributed by atoms with Crippen molar-refractivity contribution in [2.24, 2.45) is 0 Å². The van der Waals surface area contributed by atoms with Crippen molar-refractivity contribution in [3.8, 4) is 11.8 Å². The summed E-state index contributed by atoms with van der Waals surface area (Å²) in [5.41, 5.74) is -0.983. The lowest BCUT2D eigenvalue weighted by molar-refractivity contribution is -0.0459. The van der Waals surface area contributed by atoms with Crippen molar-refractivity contribution in [2.75, 3.05) is 6.61 Å². The fourth-order valence-electron chi connectivity index (χ4n) is 2.26. The van der Waals surface area contributed by atoms with Gasteiger partial charge in [-0.3, -0.25) is 14.3 Å². The predicted octanol–water partition coefficient (Wildman–Crippen LogP) is -0.281. The molecule has 0 spiro atoms. The van der Waals surface area contributed by atoms with Gasteiger partial charge in [0.25, 0.3) is 5.56 Å². The highest BCUT2D eigenvalue weighted by Crippen LogP contribution is 2.27. The number of unbranched alkanes of at least 4 members (excludes halogenated alkanes) is 2. The molecule has 0 saturated carbocycles. The molecule has 0 radical (unpaired) electrons. The summed E-state index contributed by atoms with van der Waals surface area (Å²) < 4.78 is 6.62. The molecule has 7 nitrogen and oxygen atoms in total. The van der Waals surface area contributed by atoms with Gasteiger partial charge in [-0.05, 0) is 6.42 Å². The lowest BCUT2D eigenvalue weighted by Crippen LogP contribution is -2.33. The number of H-pyrrole nitrogens is 1. The summed E-state index contributed by atoms with van der Waals surface area (Å²) >= 11 is 0. The number of hydrogen-bond donors (Lipinski definition) is 3. The maximum Gasteiger partial charge on any atom is 0.330 e. The van der Waals surface area contributed by atoms with Gasteiger partial charge in [-0.25, -0.2) is 4.79 Å². The van der Waals surface area contributed by atoms with Gasteiger partial charge in [0.05, 0.1) is 12.7 Å². The van der Waals surface area contributed by atoms with Crippen LogP contribution in [-0.2, 0) is 4.74 Å². The molecule has 22 heavy (non-hydrogen) atoms. The van der Waals surface area contributed by atoms with E-state index in [1.807, 2.05) is 0 Å². The maximum absolute atomic E-state index is 11.9. The second kappa shape index (κ2) is 7.40. The van der Waals surface area contributed by atoms with Crippen LogP contribution in [0.4, 0.5) is 0 Å². The summed E-state index contributed by atoms with van der Waals surface area (Å²) in [5, 5.41) is 18.8. The molecular formula is C15H20N2O5. The smallest absolute Gasteiger partial charge is 0.330 e. The zero-order chi connectivity index (χ0) is 16.1. The first-order valence-electron chi connectivity index (χ1n) is 7.35. The number of nitrogens with one attached hydrogen (secondary N) is 1. The minimum Gasteiger partial charge on any atom is -0.394 e. The molecule has 7 heteroatoms. The first-order valence-corrected chi connectivity index (χ1v) is 7.35. The SMILES string of the molecule is CCCCC#Cc1cn([C@@H]2CC(O)[C@H](CO)O2)c(=O)[nH]c1=O. The van der Waals surface area contributed by atoms with E-state index >= 15 is 0 Å². The summed E-state index contributed by atoms with van der Waals surface area (Å²) in [6.45, 7) is 1.72. The topological polar surface area (TPSA) is 105 Å². The van der Waals surface area contributed by atoms with Crippen molar-refractivity contribution >= 4 is 0 Å². The van der Waals surface area contributed by atoms with Crippen molar-refractivity contribution < 1.29 is 14.9 Å². The van der Waals surface area contributed by atoms with Gasteiger partial charge in [0.15, 0.2) is 0 Å². The number of nitrogens with zero attached hydrogens (tertiary/aromatic N) is 1. The number of ether oxygens (including phenoxy) is 1.